The maximum Gasteiger partial charge on any atom is 0.125 e. The Morgan fingerprint density at radius 1 is 1.19 bits per heavy atom. The fourth-order valence-electron chi connectivity index (χ4n) is 2.72. The van der Waals surface area contributed by atoms with Crippen LogP contribution in [-0.2, 0) is 6.42 Å². The molecule has 1 nitrogen and oxygen atoms in total. The van der Waals surface area contributed by atoms with E-state index in [1.54, 1.807) is 12.3 Å². The molecule has 3 aromatic rings. The SMILES string of the molecule is CCc1cc(F)cc(Cl)c1-c1ccc(C)c2cccnc12. The van der Waals surface area contributed by atoms with Crippen molar-refractivity contribution < 1.29 is 4.39 Å². The Morgan fingerprint density at radius 3 is 2.76 bits per heavy atom. The molecule has 0 N–H and O–H groups in total. The second-order valence-electron chi connectivity index (χ2n) is 5.10. The first-order valence-corrected chi connectivity index (χ1v) is 7.32. The van der Waals surface area contributed by atoms with Gasteiger partial charge in [0.05, 0.1) is 10.5 Å². The van der Waals surface area contributed by atoms with Crippen LogP contribution in [0.15, 0.2) is 42.6 Å². The van der Waals surface area contributed by atoms with Crippen LogP contribution in [0.3, 0.4) is 0 Å². The third-order valence-corrected chi connectivity index (χ3v) is 4.07. The summed E-state index contributed by atoms with van der Waals surface area (Å²) < 4.78 is 13.6. The molecule has 0 unspecified atom stereocenters. The first-order chi connectivity index (χ1) is 10.1. The van der Waals surface area contributed by atoms with Gasteiger partial charge in [0, 0.05) is 22.7 Å². The Balaban J connectivity index is 2.39. The first kappa shape index (κ1) is 14.0. The minimum absolute atomic E-state index is 0.301. The average Bonchev–Trinajstić information content (AvgIpc) is 2.48. The van der Waals surface area contributed by atoms with Gasteiger partial charge >= 0.3 is 0 Å². The van der Waals surface area contributed by atoms with E-state index in [1.165, 1.54) is 6.07 Å². The molecule has 3 heteroatoms. The highest BCUT2D eigenvalue weighted by Gasteiger charge is 2.15. The van der Waals surface area contributed by atoms with Gasteiger partial charge in [0.25, 0.3) is 0 Å². The Kier molecular flexibility index (Phi) is 3.64. The molecule has 21 heavy (non-hydrogen) atoms. The highest BCUT2D eigenvalue weighted by molar-refractivity contribution is 6.34. The molecule has 0 spiro atoms. The maximum atomic E-state index is 13.6. The second-order valence-corrected chi connectivity index (χ2v) is 5.51. The summed E-state index contributed by atoms with van der Waals surface area (Å²) in [5, 5.41) is 1.53. The lowest BCUT2D eigenvalue weighted by molar-refractivity contribution is 0.626. The highest BCUT2D eigenvalue weighted by Crippen LogP contribution is 2.37. The predicted molar refractivity (Wildman–Crippen MR) is 86.3 cm³/mol. The highest BCUT2D eigenvalue weighted by atomic mass is 35.5. The van der Waals surface area contributed by atoms with E-state index >= 15 is 0 Å². The number of pyridine rings is 1. The van der Waals surface area contributed by atoms with E-state index in [4.69, 9.17) is 11.6 Å². The number of aromatic nitrogens is 1. The lowest BCUT2D eigenvalue weighted by Gasteiger charge is -2.14. The maximum absolute atomic E-state index is 13.6. The van der Waals surface area contributed by atoms with Crippen molar-refractivity contribution in [3.8, 4) is 11.1 Å². The van der Waals surface area contributed by atoms with E-state index in [9.17, 15) is 4.39 Å². The Morgan fingerprint density at radius 2 is 2.00 bits per heavy atom. The molecule has 0 amide bonds. The zero-order chi connectivity index (χ0) is 15.0. The van der Waals surface area contributed by atoms with Crippen molar-refractivity contribution in [2.24, 2.45) is 0 Å². The molecule has 0 bridgehead atoms. The molecule has 0 aliphatic rings. The van der Waals surface area contributed by atoms with Gasteiger partial charge in [0.2, 0.25) is 0 Å². The summed E-state index contributed by atoms with van der Waals surface area (Å²) in [6.07, 6.45) is 2.49. The topological polar surface area (TPSA) is 12.9 Å². The molecular weight excluding hydrogens is 285 g/mol. The Bertz CT molecular complexity index is 827. The average molecular weight is 300 g/mol. The van der Waals surface area contributed by atoms with Crippen molar-refractivity contribution in [2.45, 2.75) is 20.3 Å². The quantitative estimate of drug-likeness (QED) is 0.603. The lowest BCUT2D eigenvalue weighted by Crippen LogP contribution is -1.94. The van der Waals surface area contributed by atoms with Crippen molar-refractivity contribution in [3.63, 3.8) is 0 Å². The van der Waals surface area contributed by atoms with Crippen molar-refractivity contribution in [3.05, 3.63) is 64.6 Å². The van der Waals surface area contributed by atoms with Gasteiger partial charge in [-0.1, -0.05) is 36.7 Å². The van der Waals surface area contributed by atoms with E-state index in [2.05, 4.69) is 18.0 Å². The van der Waals surface area contributed by atoms with Crippen LogP contribution >= 0.6 is 11.6 Å². The van der Waals surface area contributed by atoms with Crippen LogP contribution in [0.4, 0.5) is 4.39 Å². The monoisotopic (exact) mass is 299 g/mol. The van der Waals surface area contributed by atoms with Crippen molar-refractivity contribution in [1.29, 1.82) is 0 Å². The molecular formula is C18H15ClFN. The van der Waals surface area contributed by atoms with Crippen LogP contribution in [0.2, 0.25) is 5.02 Å². The fraction of sp³-hybridized carbons (Fsp3) is 0.167. The molecule has 0 aliphatic heterocycles. The van der Waals surface area contributed by atoms with Crippen molar-refractivity contribution >= 4 is 22.5 Å². The third-order valence-electron chi connectivity index (χ3n) is 3.77. The van der Waals surface area contributed by atoms with Crippen LogP contribution in [-0.4, -0.2) is 4.98 Å². The molecule has 0 fully saturated rings. The van der Waals surface area contributed by atoms with Gasteiger partial charge in [-0.3, -0.25) is 4.98 Å². The number of benzene rings is 2. The largest absolute Gasteiger partial charge is 0.256 e. The van der Waals surface area contributed by atoms with Gasteiger partial charge in [-0.2, -0.15) is 0 Å². The zero-order valence-corrected chi connectivity index (χ0v) is 12.7. The van der Waals surface area contributed by atoms with Gasteiger partial charge in [-0.05, 0) is 42.7 Å². The summed E-state index contributed by atoms with van der Waals surface area (Å²) in [7, 11) is 0. The molecule has 0 saturated heterocycles. The van der Waals surface area contributed by atoms with Crippen LogP contribution in [0, 0.1) is 12.7 Å². The standard InChI is InChI=1S/C18H15ClFN/c1-3-12-9-13(20)10-16(19)17(12)15-7-6-11(2)14-5-4-8-21-18(14)15/h4-10H,3H2,1-2H3. The number of aryl methyl sites for hydroxylation is 2. The molecule has 1 heterocycles. The first-order valence-electron chi connectivity index (χ1n) is 6.94. The number of fused-ring (bicyclic) bond motifs is 1. The summed E-state index contributed by atoms with van der Waals surface area (Å²) in [6.45, 7) is 4.05. The van der Waals surface area contributed by atoms with Gasteiger partial charge in [-0.15, -0.1) is 0 Å². The number of hydrogen-bond donors (Lipinski definition) is 0. The normalized spacial score (nSPS) is 11.0. The fourth-order valence-corrected chi connectivity index (χ4v) is 3.05. The number of rotatable bonds is 2. The lowest BCUT2D eigenvalue weighted by atomic mass is 9.94. The van der Waals surface area contributed by atoms with Gasteiger partial charge < -0.3 is 0 Å². The number of halogens is 2. The minimum Gasteiger partial charge on any atom is -0.256 e. The summed E-state index contributed by atoms with van der Waals surface area (Å²) in [5.74, 6) is -0.301. The van der Waals surface area contributed by atoms with Gasteiger partial charge in [-0.25, -0.2) is 4.39 Å². The zero-order valence-electron chi connectivity index (χ0n) is 12.0. The van der Waals surface area contributed by atoms with E-state index < -0.39 is 0 Å². The van der Waals surface area contributed by atoms with E-state index in [0.717, 1.165) is 39.6 Å². The smallest absolute Gasteiger partial charge is 0.125 e. The molecule has 0 radical (unpaired) electrons. The minimum atomic E-state index is -0.301. The van der Waals surface area contributed by atoms with Gasteiger partial charge in [0.15, 0.2) is 0 Å². The molecule has 1 aromatic heterocycles. The van der Waals surface area contributed by atoms with E-state index in [-0.39, 0.29) is 5.82 Å². The molecule has 0 aliphatic carbocycles. The second kappa shape index (κ2) is 5.45. The van der Waals surface area contributed by atoms with E-state index in [0.29, 0.717) is 5.02 Å². The summed E-state index contributed by atoms with van der Waals surface area (Å²) >= 11 is 6.32. The van der Waals surface area contributed by atoms with Gasteiger partial charge in [0.1, 0.15) is 5.82 Å². The molecule has 2 aromatic carbocycles. The summed E-state index contributed by atoms with van der Waals surface area (Å²) in [6, 6.07) is 11.0. The Hall–Kier alpha value is -1.93. The van der Waals surface area contributed by atoms with Crippen LogP contribution in [0.1, 0.15) is 18.1 Å². The number of hydrogen-bond acceptors (Lipinski definition) is 1. The summed E-state index contributed by atoms with van der Waals surface area (Å²) in [5.41, 5.74) is 4.80. The van der Waals surface area contributed by atoms with Crippen LogP contribution in [0.25, 0.3) is 22.0 Å². The predicted octanol–water partition coefficient (Wildman–Crippen LogP) is 5.57. The van der Waals surface area contributed by atoms with Crippen molar-refractivity contribution in [1.82, 2.24) is 4.98 Å². The third kappa shape index (κ3) is 2.40. The van der Waals surface area contributed by atoms with Crippen LogP contribution in [0.5, 0.6) is 0 Å². The van der Waals surface area contributed by atoms with Crippen LogP contribution < -0.4 is 0 Å². The molecule has 0 atom stereocenters. The molecule has 0 saturated carbocycles. The number of nitrogens with zero attached hydrogens (tertiary/aromatic N) is 1. The van der Waals surface area contributed by atoms with Crippen molar-refractivity contribution in [2.75, 3.05) is 0 Å². The Labute approximate surface area is 128 Å². The summed E-state index contributed by atoms with van der Waals surface area (Å²) in [4.78, 5) is 4.50. The molecule has 106 valence electrons. The molecule has 3 rings (SSSR count). The van der Waals surface area contributed by atoms with E-state index in [1.807, 2.05) is 25.1 Å².